The van der Waals surface area contributed by atoms with Gasteiger partial charge in [0.05, 0.1) is 23.6 Å². The van der Waals surface area contributed by atoms with Gasteiger partial charge in [-0.1, -0.05) is 35.5 Å². The third-order valence-corrected chi connectivity index (χ3v) is 6.73. The van der Waals surface area contributed by atoms with Crippen molar-refractivity contribution in [2.24, 2.45) is 4.99 Å². The highest BCUT2D eigenvalue weighted by atomic mass is 35.5. The van der Waals surface area contributed by atoms with Gasteiger partial charge in [-0.05, 0) is 17.7 Å². The van der Waals surface area contributed by atoms with Gasteiger partial charge in [-0.25, -0.2) is 8.42 Å². The predicted molar refractivity (Wildman–Crippen MR) is 84.2 cm³/mol. The molecule has 0 bridgehead atoms. The summed E-state index contributed by atoms with van der Waals surface area (Å²) in [6.07, 6.45) is 0. The minimum Gasteiger partial charge on any atom is -0.348 e. The van der Waals surface area contributed by atoms with Crippen molar-refractivity contribution < 1.29 is 8.42 Å². The molecule has 0 aromatic heterocycles. The maximum Gasteiger partial charge on any atom is 0.159 e. The van der Waals surface area contributed by atoms with Crippen LogP contribution in [0.15, 0.2) is 29.3 Å². The lowest BCUT2D eigenvalue weighted by atomic mass is 10.2. The fourth-order valence-electron chi connectivity index (χ4n) is 2.55. The van der Waals surface area contributed by atoms with Crippen LogP contribution in [0.25, 0.3) is 0 Å². The van der Waals surface area contributed by atoms with Gasteiger partial charge in [0, 0.05) is 17.8 Å². The lowest BCUT2D eigenvalue weighted by Gasteiger charge is -2.20. The topological polar surface area (TPSA) is 49.7 Å². The van der Waals surface area contributed by atoms with Crippen LogP contribution in [0, 0.1) is 0 Å². The summed E-state index contributed by atoms with van der Waals surface area (Å²) >= 11 is 7.50. The van der Waals surface area contributed by atoms with E-state index in [0.717, 1.165) is 15.9 Å². The molecule has 0 amide bonds. The van der Waals surface area contributed by atoms with E-state index in [-0.39, 0.29) is 23.6 Å². The lowest BCUT2D eigenvalue weighted by molar-refractivity contribution is 0.410. The monoisotopic (exact) mass is 330 g/mol. The molecule has 2 aliphatic rings. The van der Waals surface area contributed by atoms with Gasteiger partial charge in [0.2, 0.25) is 0 Å². The summed E-state index contributed by atoms with van der Waals surface area (Å²) in [5, 5.41) is 1.67. The van der Waals surface area contributed by atoms with Crippen molar-refractivity contribution in [2.45, 2.75) is 17.8 Å². The Morgan fingerprint density at radius 1 is 1.35 bits per heavy atom. The van der Waals surface area contributed by atoms with Crippen LogP contribution < -0.4 is 0 Å². The normalized spacial score (nSPS) is 27.5. The van der Waals surface area contributed by atoms with E-state index in [1.807, 2.05) is 36.2 Å². The van der Waals surface area contributed by atoms with Crippen LogP contribution in [0.1, 0.15) is 5.56 Å². The highest BCUT2D eigenvalue weighted by molar-refractivity contribution is 8.13. The van der Waals surface area contributed by atoms with Gasteiger partial charge in [0.1, 0.15) is 0 Å². The Bertz CT molecular complexity index is 643. The van der Waals surface area contributed by atoms with Crippen LogP contribution in [0.3, 0.4) is 0 Å². The molecule has 3 rings (SSSR count). The first-order valence-electron chi connectivity index (χ1n) is 6.33. The third kappa shape index (κ3) is 2.82. The van der Waals surface area contributed by atoms with Gasteiger partial charge in [0.15, 0.2) is 15.0 Å². The molecule has 2 aliphatic heterocycles. The molecule has 20 heavy (non-hydrogen) atoms. The maximum atomic E-state index is 11.6. The van der Waals surface area contributed by atoms with Gasteiger partial charge >= 0.3 is 0 Å². The van der Waals surface area contributed by atoms with Crippen molar-refractivity contribution in [3.05, 3.63) is 34.9 Å². The van der Waals surface area contributed by atoms with E-state index in [9.17, 15) is 8.42 Å². The van der Waals surface area contributed by atoms with Crippen molar-refractivity contribution in [3.63, 3.8) is 0 Å². The number of halogens is 1. The molecule has 1 aromatic rings. The molecular formula is C13H15ClN2O2S2. The Hall–Kier alpha value is -0.720. The zero-order valence-corrected chi connectivity index (χ0v) is 13.4. The lowest BCUT2D eigenvalue weighted by Crippen LogP contribution is -2.35. The smallest absolute Gasteiger partial charge is 0.159 e. The third-order valence-electron chi connectivity index (χ3n) is 3.65. The van der Waals surface area contributed by atoms with Crippen molar-refractivity contribution in [3.8, 4) is 0 Å². The van der Waals surface area contributed by atoms with Gasteiger partial charge in [-0.2, -0.15) is 0 Å². The Labute approximate surface area is 128 Å². The minimum atomic E-state index is -2.91. The van der Waals surface area contributed by atoms with Crippen LogP contribution in [0.2, 0.25) is 5.02 Å². The average Bonchev–Trinajstić information content (AvgIpc) is 2.83. The summed E-state index contributed by atoms with van der Waals surface area (Å²) in [6.45, 7) is 0. The standard InChI is InChI=1S/C13H15ClN2O2S2/c1-16-12-8-20(17,18)7-11(12)15-13(16)19-6-9-2-4-10(14)5-3-9/h2-5,11-12H,6-8H2,1H3/t11-,12-/m1/s1. The summed E-state index contributed by atoms with van der Waals surface area (Å²) in [5.74, 6) is 1.22. The first kappa shape index (κ1) is 14.2. The number of rotatable bonds is 2. The molecule has 1 saturated heterocycles. The Morgan fingerprint density at radius 3 is 2.70 bits per heavy atom. The van der Waals surface area contributed by atoms with E-state index in [4.69, 9.17) is 11.6 Å². The molecule has 0 unspecified atom stereocenters. The van der Waals surface area contributed by atoms with E-state index < -0.39 is 9.84 Å². The summed E-state index contributed by atoms with van der Waals surface area (Å²) in [6, 6.07) is 7.68. The first-order chi connectivity index (χ1) is 9.44. The Kier molecular flexibility index (Phi) is 3.73. The average molecular weight is 331 g/mol. The SMILES string of the molecule is CN1C(SCc2ccc(Cl)cc2)=N[C@@H]2CS(=O)(=O)C[C@H]21. The fourth-order valence-corrected chi connectivity index (χ4v) is 5.63. The second-order valence-corrected chi connectivity index (χ2v) is 8.68. The second kappa shape index (κ2) is 5.24. The molecule has 1 fully saturated rings. The number of sulfone groups is 1. The van der Waals surface area contributed by atoms with Gasteiger partial charge in [0.25, 0.3) is 0 Å². The molecule has 0 spiro atoms. The van der Waals surface area contributed by atoms with Crippen LogP contribution in [-0.4, -0.2) is 49.1 Å². The van der Waals surface area contributed by atoms with E-state index >= 15 is 0 Å². The quantitative estimate of drug-likeness (QED) is 0.832. The molecule has 0 N–H and O–H groups in total. The number of nitrogens with zero attached hydrogens (tertiary/aromatic N) is 2. The molecule has 0 radical (unpaired) electrons. The summed E-state index contributed by atoms with van der Waals surface area (Å²) in [7, 11) is -0.977. The maximum absolute atomic E-state index is 11.6. The number of likely N-dealkylation sites (N-methyl/N-ethyl adjacent to an activating group) is 1. The van der Waals surface area contributed by atoms with E-state index in [0.29, 0.717) is 0 Å². The fraction of sp³-hybridized carbons (Fsp3) is 0.462. The molecule has 2 atom stereocenters. The van der Waals surface area contributed by atoms with Crippen molar-refractivity contribution in [2.75, 3.05) is 18.6 Å². The molecule has 2 heterocycles. The van der Waals surface area contributed by atoms with E-state index in [2.05, 4.69) is 4.99 Å². The zero-order valence-electron chi connectivity index (χ0n) is 11.0. The van der Waals surface area contributed by atoms with E-state index in [1.165, 1.54) is 5.56 Å². The highest BCUT2D eigenvalue weighted by Crippen LogP contribution is 2.30. The molecule has 108 valence electrons. The van der Waals surface area contributed by atoms with Gasteiger partial charge in [-0.15, -0.1) is 0 Å². The minimum absolute atomic E-state index is 0.0210. The molecule has 7 heteroatoms. The summed E-state index contributed by atoms with van der Waals surface area (Å²) in [4.78, 5) is 6.57. The van der Waals surface area contributed by atoms with Crippen molar-refractivity contribution in [1.82, 2.24) is 4.90 Å². The van der Waals surface area contributed by atoms with Crippen molar-refractivity contribution >= 4 is 38.4 Å². The number of benzene rings is 1. The molecule has 0 aliphatic carbocycles. The second-order valence-electron chi connectivity index (χ2n) is 5.15. The van der Waals surface area contributed by atoms with Crippen LogP contribution >= 0.6 is 23.4 Å². The number of amidine groups is 1. The van der Waals surface area contributed by atoms with Crippen LogP contribution in [-0.2, 0) is 15.6 Å². The number of hydrogen-bond acceptors (Lipinski definition) is 5. The molecule has 1 aromatic carbocycles. The first-order valence-corrected chi connectivity index (χ1v) is 9.51. The number of aliphatic imine (C=N–C) groups is 1. The zero-order chi connectivity index (χ0) is 14.3. The highest BCUT2D eigenvalue weighted by Gasteiger charge is 2.44. The number of hydrogen-bond donors (Lipinski definition) is 0. The van der Waals surface area contributed by atoms with Crippen LogP contribution in [0.5, 0.6) is 0 Å². The summed E-state index contributed by atoms with van der Waals surface area (Å²) < 4.78 is 23.2. The van der Waals surface area contributed by atoms with Crippen molar-refractivity contribution in [1.29, 1.82) is 0 Å². The number of thioether (sulfide) groups is 1. The Morgan fingerprint density at radius 2 is 2.05 bits per heavy atom. The molecule has 4 nitrogen and oxygen atoms in total. The van der Waals surface area contributed by atoms with Gasteiger partial charge in [-0.3, -0.25) is 4.99 Å². The van der Waals surface area contributed by atoms with Gasteiger partial charge < -0.3 is 4.90 Å². The predicted octanol–water partition coefficient (Wildman–Crippen LogP) is 2.04. The van der Waals surface area contributed by atoms with E-state index in [1.54, 1.807) is 11.8 Å². The molecule has 0 saturated carbocycles. The summed E-state index contributed by atoms with van der Waals surface area (Å²) in [5.41, 5.74) is 1.18. The number of fused-ring (bicyclic) bond motifs is 1. The molecular weight excluding hydrogens is 316 g/mol. The Balaban J connectivity index is 1.66. The van der Waals surface area contributed by atoms with Crippen LogP contribution in [0.4, 0.5) is 0 Å². The largest absolute Gasteiger partial charge is 0.348 e.